The topological polar surface area (TPSA) is 60.0 Å². The Hall–Kier alpha value is -2.66. The van der Waals surface area contributed by atoms with E-state index < -0.39 is 6.10 Å². The smallest absolute Gasteiger partial charge is 0.250 e. The predicted molar refractivity (Wildman–Crippen MR) is 89.6 cm³/mol. The number of hydrogen-bond donors (Lipinski definition) is 1. The van der Waals surface area contributed by atoms with Crippen molar-refractivity contribution in [3.63, 3.8) is 0 Å². The Morgan fingerprint density at radius 3 is 2.92 bits per heavy atom. The highest BCUT2D eigenvalue weighted by Crippen LogP contribution is 2.48. The summed E-state index contributed by atoms with van der Waals surface area (Å²) in [7, 11) is 0. The van der Waals surface area contributed by atoms with Crippen molar-refractivity contribution in [2.24, 2.45) is 5.92 Å². The van der Waals surface area contributed by atoms with Gasteiger partial charge in [-0.05, 0) is 18.1 Å². The number of benzene rings is 1. The SMILES string of the molecule is O=c1cccc2n1CC[C@H]([C@H]1c3ccccc3-c3cncn31)[C@@H]2O. The van der Waals surface area contributed by atoms with E-state index in [4.69, 9.17) is 0 Å². The van der Waals surface area contributed by atoms with Gasteiger partial charge in [0.15, 0.2) is 0 Å². The van der Waals surface area contributed by atoms with E-state index in [9.17, 15) is 9.90 Å². The molecular formula is C19H17N3O2. The van der Waals surface area contributed by atoms with E-state index in [0.29, 0.717) is 12.2 Å². The van der Waals surface area contributed by atoms with Crippen LogP contribution in [0, 0.1) is 5.92 Å². The Kier molecular flexibility index (Phi) is 2.82. The molecule has 0 saturated carbocycles. The van der Waals surface area contributed by atoms with Crippen molar-refractivity contribution in [2.45, 2.75) is 25.1 Å². The number of aliphatic hydroxyl groups is 1. The summed E-state index contributed by atoms with van der Waals surface area (Å²) in [5.74, 6) is 0.0170. The third-order valence-electron chi connectivity index (χ3n) is 5.40. The molecule has 0 spiro atoms. The van der Waals surface area contributed by atoms with E-state index >= 15 is 0 Å². The zero-order chi connectivity index (χ0) is 16.3. The minimum atomic E-state index is -0.668. The lowest BCUT2D eigenvalue weighted by Gasteiger charge is -2.35. The maximum absolute atomic E-state index is 12.0. The lowest BCUT2D eigenvalue weighted by atomic mass is 9.82. The molecule has 2 aliphatic rings. The fraction of sp³-hybridized carbons (Fsp3) is 0.263. The molecule has 3 aromatic rings. The van der Waals surface area contributed by atoms with Crippen LogP contribution in [0.25, 0.3) is 11.3 Å². The van der Waals surface area contributed by atoms with Crippen LogP contribution in [-0.4, -0.2) is 19.2 Å². The van der Waals surface area contributed by atoms with Gasteiger partial charge >= 0.3 is 0 Å². The van der Waals surface area contributed by atoms with Crippen LogP contribution in [0.1, 0.15) is 29.8 Å². The van der Waals surface area contributed by atoms with E-state index in [1.54, 1.807) is 16.7 Å². The minimum absolute atomic E-state index is 0.0170. The molecule has 2 aliphatic heterocycles. The second kappa shape index (κ2) is 4.92. The van der Waals surface area contributed by atoms with Gasteiger partial charge in [-0.2, -0.15) is 0 Å². The van der Waals surface area contributed by atoms with E-state index in [2.05, 4.69) is 21.7 Å². The Bertz CT molecular complexity index is 988. The number of aromatic nitrogens is 3. The number of hydrogen-bond acceptors (Lipinski definition) is 3. The summed E-state index contributed by atoms with van der Waals surface area (Å²) in [6, 6.07) is 13.5. The summed E-state index contributed by atoms with van der Waals surface area (Å²) >= 11 is 0. The van der Waals surface area contributed by atoms with Crippen molar-refractivity contribution in [3.05, 3.63) is 76.6 Å². The molecule has 5 heteroatoms. The second-order valence-corrected chi connectivity index (χ2v) is 6.56. The maximum atomic E-state index is 12.0. The summed E-state index contributed by atoms with van der Waals surface area (Å²) in [4.78, 5) is 16.3. The number of fused-ring (bicyclic) bond motifs is 4. The minimum Gasteiger partial charge on any atom is -0.386 e. The van der Waals surface area contributed by atoms with E-state index in [1.165, 1.54) is 11.1 Å². The standard InChI is InChI=1S/C19H17N3O2/c23-17-7-3-6-15-19(24)14(8-9-21(15)17)18-13-5-2-1-4-12(13)16-10-20-11-22(16)18/h1-7,10-11,14,18-19,24H,8-9H2/t14-,18-,19+/m1/s1. The molecule has 120 valence electrons. The second-order valence-electron chi connectivity index (χ2n) is 6.56. The third kappa shape index (κ3) is 1.73. The van der Waals surface area contributed by atoms with Crippen LogP contribution in [-0.2, 0) is 6.54 Å². The predicted octanol–water partition coefficient (Wildman–Crippen LogP) is 2.37. The number of pyridine rings is 1. The van der Waals surface area contributed by atoms with Crippen molar-refractivity contribution in [2.75, 3.05) is 0 Å². The highest BCUT2D eigenvalue weighted by Gasteiger charge is 2.40. The van der Waals surface area contributed by atoms with Gasteiger partial charge in [-0.25, -0.2) is 4.98 Å². The molecule has 0 fully saturated rings. The molecule has 0 bridgehead atoms. The number of imidazole rings is 1. The first-order valence-electron chi connectivity index (χ1n) is 8.24. The van der Waals surface area contributed by atoms with E-state index in [1.807, 2.05) is 30.7 Å². The van der Waals surface area contributed by atoms with E-state index in [-0.39, 0.29) is 17.5 Å². The quantitative estimate of drug-likeness (QED) is 0.749. The van der Waals surface area contributed by atoms with Crippen LogP contribution in [0.15, 0.2) is 59.8 Å². The molecule has 0 amide bonds. The first-order valence-corrected chi connectivity index (χ1v) is 8.24. The zero-order valence-electron chi connectivity index (χ0n) is 13.0. The molecule has 0 saturated heterocycles. The molecule has 0 aliphatic carbocycles. The molecule has 0 unspecified atom stereocenters. The van der Waals surface area contributed by atoms with Crippen LogP contribution in [0.2, 0.25) is 0 Å². The van der Waals surface area contributed by atoms with Gasteiger partial charge in [-0.1, -0.05) is 30.3 Å². The van der Waals surface area contributed by atoms with E-state index in [0.717, 1.165) is 12.1 Å². The monoisotopic (exact) mass is 319 g/mol. The first kappa shape index (κ1) is 13.7. The van der Waals surface area contributed by atoms with Crippen LogP contribution in [0.3, 0.4) is 0 Å². The lowest BCUT2D eigenvalue weighted by molar-refractivity contribution is 0.0536. The van der Waals surface area contributed by atoms with Crippen LogP contribution in [0.4, 0.5) is 0 Å². The van der Waals surface area contributed by atoms with Crippen molar-refractivity contribution < 1.29 is 5.11 Å². The van der Waals surface area contributed by atoms with Gasteiger partial charge in [0.1, 0.15) is 0 Å². The summed E-state index contributed by atoms with van der Waals surface area (Å²) in [6.45, 7) is 0.638. The molecule has 1 aromatic carbocycles. The normalized spacial score (nSPS) is 24.3. The fourth-order valence-corrected chi connectivity index (χ4v) is 4.33. The summed E-state index contributed by atoms with van der Waals surface area (Å²) < 4.78 is 3.85. The molecular weight excluding hydrogens is 302 g/mol. The number of aliphatic hydroxyl groups excluding tert-OH is 1. The van der Waals surface area contributed by atoms with Crippen LogP contribution in [0.5, 0.6) is 0 Å². The summed E-state index contributed by atoms with van der Waals surface area (Å²) in [5, 5.41) is 11.0. The third-order valence-corrected chi connectivity index (χ3v) is 5.40. The summed E-state index contributed by atoms with van der Waals surface area (Å²) in [6.07, 6.45) is 3.82. The molecule has 5 nitrogen and oxygen atoms in total. The van der Waals surface area contributed by atoms with Crippen molar-refractivity contribution in [1.29, 1.82) is 0 Å². The molecule has 4 heterocycles. The number of nitrogens with zero attached hydrogens (tertiary/aromatic N) is 3. The Morgan fingerprint density at radius 2 is 2.00 bits per heavy atom. The van der Waals surface area contributed by atoms with Crippen LogP contribution < -0.4 is 5.56 Å². The van der Waals surface area contributed by atoms with Gasteiger partial charge in [-0.3, -0.25) is 4.79 Å². The molecule has 3 atom stereocenters. The highest BCUT2D eigenvalue weighted by molar-refractivity contribution is 5.69. The van der Waals surface area contributed by atoms with Gasteiger partial charge < -0.3 is 14.2 Å². The largest absolute Gasteiger partial charge is 0.386 e. The van der Waals surface area contributed by atoms with Crippen molar-refractivity contribution in [3.8, 4) is 11.3 Å². The summed E-state index contributed by atoms with van der Waals surface area (Å²) in [5.41, 5.74) is 4.18. The van der Waals surface area contributed by atoms with Gasteiger partial charge in [-0.15, -0.1) is 0 Å². The Labute approximate surface area is 138 Å². The van der Waals surface area contributed by atoms with Gasteiger partial charge in [0.25, 0.3) is 5.56 Å². The highest BCUT2D eigenvalue weighted by atomic mass is 16.3. The maximum Gasteiger partial charge on any atom is 0.250 e. The van der Waals surface area contributed by atoms with Gasteiger partial charge in [0.2, 0.25) is 0 Å². The van der Waals surface area contributed by atoms with Crippen LogP contribution >= 0.6 is 0 Å². The molecule has 5 rings (SSSR count). The average Bonchev–Trinajstić information content (AvgIpc) is 3.17. The first-order chi connectivity index (χ1) is 11.8. The Morgan fingerprint density at radius 1 is 1.12 bits per heavy atom. The van der Waals surface area contributed by atoms with Crippen molar-refractivity contribution in [1.82, 2.24) is 14.1 Å². The average molecular weight is 319 g/mol. The lowest BCUT2D eigenvalue weighted by Crippen LogP contribution is -2.36. The molecule has 24 heavy (non-hydrogen) atoms. The fourth-order valence-electron chi connectivity index (χ4n) is 4.33. The van der Waals surface area contributed by atoms with Crippen molar-refractivity contribution >= 4 is 0 Å². The molecule has 1 N–H and O–H groups in total. The van der Waals surface area contributed by atoms with Gasteiger partial charge in [0.05, 0.1) is 36.1 Å². The number of rotatable bonds is 1. The van der Waals surface area contributed by atoms with Gasteiger partial charge in [0, 0.05) is 24.1 Å². The Balaban J connectivity index is 1.64. The zero-order valence-corrected chi connectivity index (χ0v) is 13.0. The molecule has 0 radical (unpaired) electrons. The molecule has 2 aromatic heterocycles.